The SMILES string of the molecule is O=C(COC(=O)CCCCCCC/C=C\C/C=C\C/C=C\CCc1ccccc1)NCCc1ccccc1. The number of allylic oxidation sites excluding steroid dienone is 6. The number of ether oxygens (including phenoxy) is 1. The Labute approximate surface area is 229 Å². The monoisotopic (exact) mass is 515 g/mol. The molecule has 0 unspecified atom stereocenters. The molecule has 0 aliphatic rings. The van der Waals surface area contributed by atoms with Gasteiger partial charge >= 0.3 is 5.97 Å². The van der Waals surface area contributed by atoms with Crippen molar-refractivity contribution in [3.05, 3.63) is 108 Å². The number of nitrogens with one attached hydrogen (secondary N) is 1. The fourth-order valence-electron chi connectivity index (χ4n) is 3.99. The highest BCUT2D eigenvalue weighted by atomic mass is 16.5. The van der Waals surface area contributed by atoms with E-state index in [1.807, 2.05) is 30.3 Å². The highest BCUT2D eigenvalue weighted by Crippen LogP contribution is 2.09. The normalized spacial score (nSPS) is 11.5. The predicted octanol–water partition coefficient (Wildman–Crippen LogP) is 7.70. The van der Waals surface area contributed by atoms with Gasteiger partial charge in [-0.1, -0.05) is 116 Å². The molecule has 204 valence electrons. The lowest BCUT2D eigenvalue weighted by molar-refractivity contribution is -0.148. The molecule has 0 spiro atoms. The number of aryl methyl sites for hydroxylation is 1. The van der Waals surface area contributed by atoms with Crippen molar-refractivity contribution in [3.8, 4) is 0 Å². The third-order valence-electron chi connectivity index (χ3n) is 6.18. The van der Waals surface area contributed by atoms with E-state index in [0.717, 1.165) is 57.8 Å². The Hall–Kier alpha value is -3.40. The van der Waals surface area contributed by atoms with Crippen molar-refractivity contribution >= 4 is 11.9 Å². The second kappa shape index (κ2) is 21.7. The molecule has 4 nitrogen and oxygen atoms in total. The lowest BCUT2D eigenvalue weighted by atomic mass is 10.1. The largest absolute Gasteiger partial charge is 0.456 e. The summed E-state index contributed by atoms with van der Waals surface area (Å²) in [6, 6.07) is 20.6. The molecule has 0 heterocycles. The first-order valence-electron chi connectivity index (χ1n) is 14.2. The summed E-state index contributed by atoms with van der Waals surface area (Å²) in [7, 11) is 0. The predicted molar refractivity (Wildman–Crippen MR) is 158 cm³/mol. The van der Waals surface area contributed by atoms with Gasteiger partial charge in [-0.15, -0.1) is 0 Å². The van der Waals surface area contributed by atoms with Crippen molar-refractivity contribution in [1.82, 2.24) is 5.32 Å². The maximum absolute atomic E-state index is 11.8. The summed E-state index contributed by atoms with van der Waals surface area (Å²) in [5.41, 5.74) is 2.56. The van der Waals surface area contributed by atoms with Gasteiger partial charge in [0.2, 0.25) is 0 Å². The molecule has 2 aromatic rings. The number of hydrogen-bond acceptors (Lipinski definition) is 3. The van der Waals surface area contributed by atoms with E-state index in [-0.39, 0.29) is 18.5 Å². The highest BCUT2D eigenvalue weighted by molar-refractivity contribution is 5.80. The van der Waals surface area contributed by atoms with Crippen LogP contribution in [0.3, 0.4) is 0 Å². The fraction of sp³-hybridized carbons (Fsp3) is 0.412. The molecular weight excluding hydrogens is 470 g/mol. The second-order valence-electron chi connectivity index (χ2n) is 9.46. The Morgan fingerprint density at radius 3 is 1.87 bits per heavy atom. The van der Waals surface area contributed by atoms with Crippen LogP contribution in [-0.4, -0.2) is 25.0 Å². The summed E-state index contributed by atoms with van der Waals surface area (Å²) in [6.07, 6.45) is 25.2. The molecule has 0 aliphatic carbocycles. The zero-order valence-electron chi connectivity index (χ0n) is 22.9. The van der Waals surface area contributed by atoms with Gasteiger partial charge in [0.1, 0.15) is 0 Å². The Bertz CT molecular complexity index is 964. The number of carbonyl (C=O) groups excluding carboxylic acids is 2. The molecule has 2 aromatic carbocycles. The molecule has 0 fully saturated rings. The summed E-state index contributed by atoms with van der Waals surface area (Å²) in [4.78, 5) is 23.6. The van der Waals surface area contributed by atoms with Crippen LogP contribution >= 0.6 is 0 Å². The molecular formula is C34H45NO3. The smallest absolute Gasteiger partial charge is 0.306 e. The molecule has 2 rings (SSSR count). The van der Waals surface area contributed by atoms with Crippen LogP contribution in [-0.2, 0) is 27.2 Å². The molecule has 4 heteroatoms. The Morgan fingerprint density at radius 2 is 1.18 bits per heavy atom. The van der Waals surface area contributed by atoms with Gasteiger partial charge in [0.15, 0.2) is 6.61 Å². The van der Waals surface area contributed by atoms with Crippen LogP contribution in [0.1, 0.15) is 75.3 Å². The first-order valence-corrected chi connectivity index (χ1v) is 14.2. The zero-order chi connectivity index (χ0) is 26.9. The van der Waals surface area contributed by atoms with Gasteiger partial charge < -0.3 is 10.1 Å². The van der Waals surface area contributed by atoms with E-state index in [9.17, 15) is 9.59 Å². The van der Waals surface area contributed by atoms with Crippen LogP contribution in [0.5, 0.6) is 0 Å². The van der Waals surface area contributed by atoms with Gasteiger partial charge in [-0.05, 0) is 62.5 Å². The van der Waals surface area contributed by atoms with Gasteiger partial charge in [-0.25, -0.2) is 0 Å². The van der Waals surface area contributed by atoms with Gasteiger partial charge in [0.05, 0.1) is 0 Å². The molecule has 0 saturated carbocycles. The highest BCUT2D eigenvalue weighted by Gasteiger charge is 2.07. The van der Waals surface area contributed by atoms with E-state index in [1.165, 1.54) is 24.0 Å². The van der Waals surface area contributed by atoms with E-state index < -0.39 is 0 Å². The summed E-state index contributed by atoms with van der Waals surface area (Å²) in [5.74, 6) is -0.536. The Balaban J connectivity index is 1.33. The number of hydrogen-bond donors (Lipinski definition) is 1. The summed E-state index contributed by atoms with van der Waals surface area (Å²) < 4.78 is 5.08. The van der Waals surface area contributed by atoms with Crippen LogP contribution in [0.2, 0.25) is 0 Å². The first kappa shape index (κ1) is 30.8. The van der Waals surface area contributed by atoms with Crippen LogP contribution < -0.4 is 5.32 Å². The third-order valence-corrected chi connectivity index (χ3v) is 6.18. The van der Waals surface area contributed by atoms with Gasteiger partial charge in [0.25, 0.3) is 5.91 Å². The van der Waals surface area contributed by atoms with E-state index in [2.05, 4.69) is 72.1 Å². The summed E-state index contributed by atoms with van der Waals surface area (Å²) in [6.45, 7) is 0.348. The lowest BCUT2D eigenvalue weighted by Crippen LogP contribution is -2.30. The molecule has 1 N–H and O–H groups in total. The van der Waals surface area contributed by atoms with Crippen LogP contribution in [0.4, 0.5) is 0 Å². The zero-order valence-corrected chi connectivity index (χ0v) is 22.9. The van der Waals surface area contributed by atoms with Crippen molar-refractivity contribution < 1.29 is 14.3 Å². The van der Waals surface area contributed by atoms with Crippen molar-refractivity contribution in [2.24, 2.45) is 0 Å². The van der Waals surface area contributed by atoms with Crippen molar-refractivity contribution in [2.45, 2.75) is 77.0 Å². The van der Waals surface area contributed by atoms with Crippen LogP contribution in [0.25, 0.3) is 0 Å². The molecule has 0 aliphatic heterocycles. The van der Waals surface area contributed by atoms with Gasteiger partial charge in [0, 0.05) is 13.0 Å². The third kappa shape index (κ3) is 17.1. The van der Waals surface area contributed by atoms with Crippen molar-refractivity contribution in [1.29, 1.82) is 0 Å². The van der Waals surface area contributed by atoms with Crippen molar-refractivity contribution in [2.75, 3.05) is 13.2 Å². The summed E-state index contributed by atoms with van der Waals surface area (Å²) >= 11 is 0. The molecule has 0 atom stereocenters. The topological polar surface area (TPSA) is 55.4 Å². The van der Waals surface area contributed by atoms with Crippen molar-refractivity contribution in [3.63, 3.8) is 0 Å². The average Bonchev–Trinajstić information content (AvgIpc) is 2.94. The van der Waals surface area contributed by atoms with E-state index in [4.69, 9.17) is 4.74 Å². The molecule has 0 bridgehead atoms. The number of unbranched alkanes of at least 4 members (excludes halogenated alkanes) is 5. The van der Waals surface area contributed by atoms with Crippen LogP contribution in [0, 0.1) is 0 Å². The molecule has 1 amide bonds. The van der Waals surface area contributed by atoms with E-state index in [1.54, 1.807) is 0 Å². The first-order chi connectivity index (χ1) is 18.7. The molecule has 38 heavy (non-hydrogen) atoms. The summed E-state index contributed by atoms with van der Waals surface area (Å²) in [5, 5.41) is 2.79. The van der Waals surface area contributed by atoms with E-state index in [0.29, 0.717) is 13.0 Å². The second-order valence-corrected chi connectivity index (χ2v) is 9.46. The van der Waals surface area contributed by atoms with E-state index >= 15 is 0 Å². The Kier molecular flexibility index (Phi) is 17.6. The fourth-order valence-corrected chi connectivity index (χ4v) is 3.99. The molecule has 0 saturated heterocycles. The Morgan fingerprint density at radius 1 is 0.632 bits per heavy atom. The minimum atomic E-state index is -0.290. The van der Waals surface area contributed by atoms with Gasteiger partial charge in [-0.2, -0.15) is 0 Å². The maximum Gasteiger partial charge on any atom is 0.306 e. The van der Waals surface area contributed by atoms with Crippen LogP contribution in [0.15, 0.2) is 97.1 Å². The average molecular weight is 516 g/mol. The number of amides is 1. The minimum absolute atomic E-state index is 0.194. The number of carbonyl (C=O) groups is 2. The standard InChI is InChI=1S/C34H45NO3/c36-33(35-29-28-32-25-19-15-20-26-32)30-38-34(37)27-21-13-11-9-7-5-3-1-2-4-6-8-10-12-16-22-31-23-17-14-18-24-31/h1,3-4,6,10,12,14-15,17-20,23-26H,2,5,7-9,11,13,16,21-22,27-30H2,(H,35,36)/b3-1-,6-4-,12-10-. The lowest BCUT2D eigenvalue weighted by Gasteiger charge is -2.07. The number of benzene rings is 2. The number of rotatable bonds is 20. The molecule has 0 aromatic heterocycles. The maximum atomic E-state index is 11.8. The number of esters is 1. The molecule has 0 radical (unpaired) electrons. The quantitative estimate of drug-likeness (QED) is 0.112. The minimum Gasteiger partial charge on any atom is -0.456 e. The van der Waals surface area contributed by atoms with Gasteiger partial charge in [-0.3, -0.25) is 9.59 Å².